The highest BCUT2D eigenvalue weighted by Gasteiger charge is 2.28. The molecule has 18 heavy (non-hydrogen) atoms. The highest BCUT2D eigenvalue weighted by molar-refractivity contribution is 7.15. The van der Waals surface area contributed by atoms with E-state index < -0.39 is 0 Å². The first-order valence-corrected chi connectivity index (χ1v) is 6.89. The molecule has 4 heterocycles. The van der Waals surface area contributed by atoms with Gasteiger partial charge in [0.2, 0.25) is 0 Å². The third kappa shape index (κ3) is 1.65. The van der Waals surface area contributed by atoms with Crippen molar-refractivity contribution in [3.05, 3.63) is 41.9 Å². The molecule has 0 spiro atoms. The number of thiazole rings is 1. The number of imidazole rings is 1. The molecule has 0 aromatic carbocycles. The number of hydrogen-bond acceptors (Lipinski definition) is 4. The molecule has 4 rings (SSSR count). The standard InChI is InChI=1S/C12H13N5S/c1-2-13-17(3-1)11-8-15(9-11)6-10-7-16-4-5-18-12(16)14-10/h1-5,7,11H,6,8-9H2. The van der Waals surface area contributed by atoms with E-state index in [1.165, 1.54) is 0 Å². The average molecular weight is 259 g/mol. The van der Waals surface area contributed by atoms with Gasteiger partial charge in [-0.2, -0.15) is 5.10 Å². The Hall–Kier alpha value is -1.66. The molecule has 0 radical (unpaired) electrons. The maximum Gasteiger partial charge on any atom is 0.193 e. The van der Waals surface area contributed by atoms with Crippen molar-refractivity contribution in [2.45, 2.75) is 12.6 Å². The monoisotopic (exact) mass is 259 g/mol. The minimum absolute atomic E-state index is 0.531. The molecule has 0 unspecified atom stereocenters. The van der Waals surface area contributed by atoms with Crippen LogP contribution in [-0.4, -0.2) is 37.2 Å². The second-order valence-electron chi connectivity index (χ2n) is 4.66. The molecule has 1 fully saturated rings. The van der Waals surface area contributed by atoms with Crippen LogP contribution in [0.1, 0.15) is 11.7 Å². The van der Waals surface area contributed by atoms with E-state index in [0.29, 0.717) is 6.04 Å². The second-order valence-corrected chi connectivity index (χ2v) is 5.53. The summed E-state index contributed by atoms with van der Waals surface area (Å²) in [5.74, 6) is 0. The Morgan fingerprint density at radius 2 is 2.28 bits per heavy atom. The largest absolute Gasteiger partial charge is 0.297 e. The maximum absolute atomic E-state index is 4.60. The molecule has 0 amide bonds. The van der Waals surface area contributed by atoms with Gasteiger partial charge in [-0.05, 0) is 6.07 Å². The normalized spacial score (nSPS) is 17.3. The summed E-state index contributed by atoms with van der Waals surface area (Å²) < 4.78 is 4.13. The van der Waals surface area contributed by atoms with Crippen LogP contribution in [0.15, 0.2) is 36.2 Å². The zero-order chi connectivity index (χ0) is 11.9. The lowest BCUT2D eigenvalue weighted by molar-refractivity contribution is 0.0897. The van der Waals surface area contributed by atoms with Gasteiger partial charge in [-0.15, -0.1) is 11.3 Å². The highest BCUT2D eigenvalue weighted by Crippen LogP contribution is 2.22. The Kier molecular flexibility index (Phi) is 2.24. The Labute approximate surface area is 108 Å². The molecule has 1 aliphatic rings. The van der Waals surface area contributed by atoms with Crippen LogP contribution in [0.3, 0.4) is 0 Å². The van der Waals surface area contributed by atoms with Crippen molar-refractivity contribution in [2.75, 3.05) is 13.1 Å². The molecule has 1 saturated heterocycles. The molecule has 0 bridgehead atoms. The zero-order valence-electron chi connectivity index (χ0n) is 9.81. The molecule has 5 nitrogen and oxygen atoms in total. The van der Waals surface area contributed by atoms with Crippen LogP contribution < -0.4 is 0 Å². The van der Waals surface area contributed by atoms with Crippen molar-refractivity contribution < 1.29 is 0 Å². The number of nitrogens with zero attached hydrogens (tertiary/aromatic N) is 5. The first-order chi connectivity index (χ1) is 8.88. The van der Waals surface area contributed by atoms with Crippen molar-refractivity contribution in [1.82, 2.24) is 24.1 Å². The van der Waals surface area contributed by atoms with Gasteiger partial charge in [0.1, 0.15) is 0 Å². The SMILES string of the molecule is c1cnn(C2CN(Cc3cn4ccsc4n3)C2)c1. The van der Waals surface area contributed by atoms with Crippen LogP contribution in [-0.2, 0) is 6.54 Å². The van der Waals surface area contributed by atoms with E-state index in [2.05, 4.69) is 37.2 Å². The van der Waals surface area contributed by atoms with E-state index in [1.54, 1.807) is 11.3 Å². The summed E-state index contributed by atoms with van der Waals surface area (Å²) in [5, 5.41) is 6.34. The van der Waals surface area contributed by atoms with Crippen LogP contribution in [0, 0.1) is 0 Å². The van der Waals surface area contributed by atoms with Crippen molar-refractivity contribution in [1.29, 1.82) is 0 Å². The fraction of sp³-hybridized carbons (Fsp3) is 0.333. The van der Waals surface area contributed by atoms with Crippen LogP contribution in [0.5, 0.6) is 0 Å². The maximum atomic E-state index is 4.60. The first kappa shape index (κ1) is 10.3. The minimum atomic E-state index is 0.531. The number of hydrogen-bond donors (Lipinski definition) is 0. The summed E-state index contributed by atoms with van der Waals surface area (Å²) in [4.78, 5) is 8.08. The van der Waals surface area contributed by atoms with Gasteiger partial charge in [-0.25, -0.2) is 4.98 Å². The summed E-state index contributed by atoms with van der Waals surface area (Å²) in [7, 11) is 0. The van der Waals surface area contributed by atoms with Crippen molar-refractivity contribution in [3.8, 4) is 0 Å². The molecule has 0 aliphatic carbocycles. The molecule has 0 saturated carbocycles. The Balaban J connectivity index is 1.41. The molecule has 3 aromatic rings. The van der Waals surface area contributed by atoms with Gasteiger partial charge < -0.3 is 0 Å². The van der Waals surface area contributed by atoms with E-state index in [9.17, 15) is 0 Å². The number of aromatic nitrogens is 4. The lowest BCUT2D eigenvalue weighted by Crippen LogP contribution is -2.47. The minimum Gasteiger partial charge on any atom is -0.297 e. The molecule has 0 atom stereocenters. The summed E-state index contributed by atoms with van der Waals surface area (Å²) in [5.41, 5.74) is 1.15. The third-order valence-corrected chi connectivity index (χ3v) is 4.14. The third-order valence-electron chi connectivity index (χ3n) is 3.37. The highest BCUT2D eigenvalue weighted by atomic mass is 32.1. The topological polar surface area (TPSA) is 38.4 Å². The van der Waals surface area contributed by atoms with Crippen LogP contribution in [0.25, 0.3) is 4.96 Å². The van der Waals surface area contributed by atoms with E-state index in [4.69, 9.17) is 0 Å². The van der Waals surface area contributed by atoms with Crippen molar-refractivity contribution in [3.63, 3.8) is 0 Å². The van der Waals surface area contributed by atoms with Gasteiger partial charge in [0.25, 0.3) is 0 Å². The summed E-state index contributed by atoms with van der Waals surface area (Å²) in [6, 6.07) is 2.51. The quantitative estimate of drug-likeness (QED) is 0.718. The smallest absolute Gasteiger partial charge is 0.193 e. The van der Waals surface area contributed by atoms with Crippen LogP contribution in [0.2, 0.25) is 0 Å². The molecular formula is C12H13N5S. The van der Waals surface area contributed by atoms with E-state index in [1.807, 2.05) is 23.1 Å². The number of likely N-dealkylation sites (tertiary alicyclic amines) is 1. The predicted molar refractivity (Wildman–Crippen MR) is 69.6 cm³/mol. The Bertz CT molecular complexity index is 618. The van der Waals surface area contributed by atoms with E-state index in [0.717, 1.165) is 30.3 Å². The second kappa shape index (κ2) is 3.93. The molecule has 6 heteroatoms. The number of fused-ring (bicyclic) bond motifs is 1. The van der Waals surface area contributed by atoms with Crippen molar-refractivity contribution in [2.24, 2.45) is 0 Å². The van der Waals surface area contributed by atoms with Gasteiger partial charge in [-0.3, -0.25) is 14.0 Å². The molecular weight excluding hydrogens is 246 g/mol. The lowest BCUT2D eigenvalue weighted by Gasteiger charge is -2.38. The fourth-order valence-electron chi connectivity index (χ4n) is 2.42. The predicted octanol–water partition coefficient (Wildman–Crippen LogP) is 1.65. The molecule has 3 aromatic heterocycles. The summed E-state index contributed by atoms with van der Waals surface area (Å²) in [6.45, 7) is 3.06. The van der Waals surface area contributed by atoms with E-state index >= 15 is 0 Å². The van der Waals surface area contributed by atoms with E-state index in [-0.39, 0.29) is 0 Å². The van der Waals surface area contributed by atoms with Crippen LogP contribution in [0.4, 0.5) is 0 Å². The summed E-state index contributed by atoms with van der Waals surface area (Å²) in [6.07, 6.45) is 8.05. The Morgan fingerprint density at radius 1 is 1.33 bits per heavy atom. The molecule has 92 valence electrons. The Morgan fingerprint density at radius 3 is 3.06 bits per heavy atom. The van der Waals surface area contributed by atoms with Gasteiger partial charge in [0, 0.05) is 49.8 Å². The van der Waals surface area contributed by atoms with Gasteiger partial charge in [-0.1, -0.05) is 0 Å². The van der Waals surface area contributed by atoms with Gasteiger partial charge >= 0.3 is 0 Å². The first-order valence-electron chi connectivity index (χ1n) is 6.01. The fourth-order valence-corrected chi connectivity index (χ4v) is 3.14. The van der Waals surface area contributed by atoms with Crippen molar-refractivity contribution >= 4 is 16.3 Å². The number of rotatable bonds is 3. The van der Waals surface area contributed by atoms with Gasteiger partial charge in [0.05, 0.1) is 11.7 Å². The van der Waals surface area contributed by atoms with Crippen LogP contribution >= 0.6 is 11.3 Å². The molecule has 1 aliphatic heterocycles. The average Bonchev–Trinajstić information content (AvgIpc) is 2.98. The summed E-state index contributed by atoms with van der Waals surface area (Å²) >= 11 is 1.68. The van der Waals surface area contributed by atoms with Gasteiger partial charge in [0.15, 0.2) is 4.96 Å². The lowest BCUT2D eigenvalue weighted by atomic mass is 10.1. The molecule has 0 N–H and O–H groups in total. The zero-order valence-corrected chi connectivity index (χ0v) is 10.6.